The first-order valence-corrected chi connectivity index (χ1v) is 11.3. The Labute approximate surface area is 204 Å². The van der Waals surface area contributed by atoms with Gasteiger partial charge in [-0.2, -0.15) is 8.42 Å². The molecule has 0 radical (unpaired) electrons. The minimum absolute atomic E-state index is 0. The van der Waals surface area contributed by atoms with Crippen molar-refractivity contribution in [2.45, 2.75) is 96.8 Å². The minimum Gasteiger partial charge on any atom is -1.00 e. The first kappa shape index (κ1) is 29.0. The summed E-state index contributed by atoms with van der Waals surface area (Å²) < 4.78 is 27.0. The van der Waals surface area contributed by atoms with E-state index in [2.05, 4.69) is 22.7 Å². The van der Waals surface area contributed by atoms with Gasteiger partial charge in [0, 0.05) is 6.08 Å². The molecule has 0 spiro atoms. The fraction of sp³-hybridized carbons (Fsp3) is 0.842. The summed E-state index contributed by atoms with van der Waals surface area (Å²) in [5.74, 6) is -1.04. The molecule has 0 unspecified atom stereocenters. The molecule has 0 saturated heterocycles. The van der Waals surface area contributed by atoms with E-state index >= 15 is 0 Å². The second-order valence-electron chi connectivity index (χ2n) is 6.53. The van der Waals surface area contributed by atoms with Gasteiger partial charge in [-0.15, -0.1) is 0 Å². The Bertz CT molecular complexity index is 443. The zero-order valence-corrected chi connectivity index (χ0v) is 20.8. The van der Waals surface area contributed by atoms with E-state index in [4.69, 9.17) is 0 Å². The molecular weight excluding hydrogens is 379 g/mol. The zero-order valence-electron chi connectivity index (χ0n) is 17.8. The minimum atomic E-state index is -3.79. The maximum absolute atomic E-state index is 11.4. The predicted octanol–water partition coefficient (Wildman–Crippen LogP) is 2.57. The summed E-state index contributed by atoms with van der Waals surface area (Å²) in [5, 5.41) is 0. The summed E-state index contributed by atoms with van der Waals surface area (Å²) in [7, 11) is -3.79. The third-order valence-corrected chi connectivity index (χ3v) is 5.20. The van der Waals surface area contributed by atoms with Crippen molar-refractivity contribution < 1.29 is 75.2 Å². The zero-order chi connectivity index (χ0) is 18.8. The van der Waals surface area contributed by atoms with Crippen LogP contribution in [0.5, 0.6) is 0 Å². The van der Waals surface area contributed by atoms with Gasteiger partial charge in [-0.1, -0.05) is 101 Å². The van der Waals surface area contributed by atoms with Crippen LogP contribution < -0.4 is 51.4 Å². The van der Waals surface area contributed by atoms with Crippen LogP contribution in [0.4, 0.5) is 0 Å². The van der Waals surface area contributed by atoms with E-state index in [0.717, 1.165) is 25.3 Å². The van der Waals surface area contributed by atoms with Gasteiger partial charge in [0.05, 0.1) is 5.75 Å². The number of hydrogen-bond donors (Lipinski definition) is 0. The Kier molecular flexibility index (Phi) is 22.8. The Morgan fingerprint density at radius 1 is 0.846 bits per heavy atom. The Morgan fingerprint density at radius 3 is 1.62 bits per heavy atom. The van der Waals surface area contributed by atoms with Gasteiger partial charge < -0.3 is 1.43 Å². The van der Waals surface area contributed by atoms with E-state index in [9.17, 15) is 13.2 Å². The SMILES string of the molecule is C=CC(=O)OOS(=O)(=O)CCCCCCCCCCCCCCCC.[H-].[K+]. The maximum Gasteiger partial charge on any atom is 1.00 e. The average Bonchev–Trinajstić information content (AvgIpc) is 2.60. The van der Waals surface area contributed by atoms with Crippen molar-refractivity contribution in [2.75, 3.05) is 5.75 Å². The van der Waals surface area contributed by atoms with Gasteiger partial charge in [-0.25, -0.2) is 4.79 Å². The van der Waals surface area contributed by atoms with Crippen molar-refractivity contribution in [3.05, 3.63) is 12.7 Å². The summed E-state index contributed by atoms with van der Waals surface area (Å²) in [6.45, 7) is 5.40. The van der Waals surface area contributed by atoms with Crippen LogP contribution in [-0.2, 0) is 24.1 Å². The summed E-state index contributed by atoms with van der Waals surface area (Å²) in [5.41, 5.74) is 0. The van der Waals surface area contributed by atoms with Crippen LogP contribution in [0.1, 0.15) is 98.2 Å². The summed E-state index contributed by atoms with van der Waals surface area (Å²) in [6.07, 6.45) is 17.7. The normalized spacial score (nSPS) is 11.0. The summed E-state index contributed by atoms with van der Waals surface area (Å²) >= 11 is 0. The van der Waals surface area contributed by atoms with Crippen LogP contribution in [0, 0.1) is 0 Å². The molecule has 150 valence electrons. The predicted molar refractivity (Wildman–Crippen MR) is 103 cm³/mol. The van der Waals surface area contributed by atoms with Crippen molar-refractivity contribution in [1.29, 1.82) is 0 Å². The molecule has 0 aliphatic carbocycles. The molecule has 5 nitrogen and oxygen atoms in total. The van der Waals surface area contributed by atoms with Crippen molar-refractivity contribution in [3.8, 4) is 0 Å². The molecule has 0 N–H and O–H groups in total. The number of unbranched alkanes of at least 4 members (excludes halogenated alkanes) is 13. The quantitative estimate of drug-likeness (QED) is 0.113. The van der Waals surface area contributed by atoms with Crippen LogP contribution in [0.3, 0.4) is 0 Å². The second kappa shape index (κ2) is 20.5. The molecule has 7 heteroatoms. The standard InChI is InChI=1S/C19H36O5S.K.H/c1-3-5-6-7-8-9-10-11-12-13-14-15-16-17-18-25(21,22)24-23-19(20)4-2;;/h4H,2-3,5-18H2,1H3;;/q;+1;-1. The van der Waals surface area contributed by atoms with Gasteiger partial charge in [0.15, 0.2) is 0 Å². The first-order chi connectivity index (χ1) is 12.0. The van der Waals surface area contributed by atoms with Gasteiger partial charge in [-0.05, 0) is 6.42 Å². The van der Waals surface area contributed by atoms with E-state index in [1.54, 1.807) is 0 Å². The average molecular weight is 417 g/mol. The van der Waals surface area contributed by atoms with E-state index in [-0.39, 0.29) is 58.6 Å². The number of rotatable bonds is 18. The fourth-order valence-corrected chi connectivity index (χ4v) is 3.42. The van der Waals surface area contributed by atoms with Crippen molar-refractivity contribution in [3.63, 3.8) is 0 Å². The molecule has 0 rings (SSSR count). The molecular formula is C19H37KO5S. The fourth-order valence-electron chi connectivity index (χ4n) is 2.63. The molecule has 0 atom stereocenters. The monoisotopic (exact) mass is 416 g/mol. The topological polar surface area (TPSA) is 69.7 Å². The Morgan fingerprint density at radius 2 is 1.23 bits per heavy atom. The maximum atomic E-state index is 11.4. The second-order valence-corrected chi connectivity index (χ2v) is 8.19. The first-order valence-electron chi connectivity index (χ1n) is 9.77. The summed E-state index contributed by atoms with van der Waals surface area (Å²) in [4.78, 5) is 14.8. The molecule has 0 saturated carbocycles. The van der Waals surface area contributed by atoms with Gasteiger partial charge in [0.2, 0.25) is 0 Å². The van der Waals surface area contributed by atoms with Crippen molar-refractivity contribution >= 4 is 16.1 Å². The number of carbonyl (C=O) groups excluding carboxylic acids is 1. The molecule has 0 aromatic rings. The molecule has 0 aliphatic rings. The molecule has 26 heavy (non-hydrogen) atoms. The Hall–Kier alpha value is 0.756. The van der Waals surface area contributed by atoms with Gasteiger partial charge >= 0.3 is 67.5 Å². The van der Waals surface area contributed by atoms with E-state index in [1.807, 2.05) is 0 Å². The van der Waals surface area contributed by atoms with Gasteiger partial charge in [-0.3, -0.25) is 4.89 Å². The third kappa shape index (κ3) is 21.1. The van der Waals surface area contributed by atoms with Crippen LogP contribution >= 0.6 is 0 Å². The van der Waals surface area contributed by atoms with E-state index in [1.165, 1.54) is 64.2 Å². The van der Waals surface area contributed by atoms with Crippen molar-refractivity contribution in [1.82, 2.24) is 0 Å². The number of hydrogen-bond acceptors (Lipinski definition) is 5. The number of carbonyl (C=O) groups is 1. The van der Waals surface area contributed by atoms with Gasteiger partial charge in [0.1, 0.15) is 0 Å². The molecule has 0 bridgehead atoms. The van der Waals surface area contributed by atoms with Crippen molar-refractivity contribution in [2.24, 2.45) is 0 Å². The van der Waals surface area contributed by atoms with Gasteiger partial charge in [0.25, 0.3) is 0 Å². The smallest absolute Gasteiger partial charge is 1.00 e. The van der Waals surface area contributed by atoms with Crippen LogP contribution in [0.25, 0.3) is 0 Å². The van der Waals surface area contributed by atoms with Crippen LogP contribution in [-0.4, -0.2) is 20.1 Å². The molecule has 0 aromatic carbocycles. The van der Waals surface area contributed by atoms with Crippen LogP contribution in [0.2, 0.25) is 0 Å². The summed E-state index contributed by atoms with van der Waals surface area (Å²) in [6, 6.07) is 0. The van der Waals surface area contributed by atoms with Crippen LogP contribution in [0.15, 0.2) is 12.7 Å². The molecule has 0 aromatic heterocycles. The third-order valence-electron chi connectivity index (χ3n) is 4.13. The Balaban J connectivity index is -0.00000288. The van der Waals surface area contributed by atoms with E-state index < -0.39 is 16.1 Å². The largest absolute Gasteiger partial charge is 1.00 e. The molecule has 0 amide bonds. The van der Waals surface area contributed by atoms with E-state index in [0.29, 0.717) is 6.42 Å². The molecule has 0 heterocycles. The molecule has 0 fully saturated rings. The molecule has 0 aliphatic heterocycles.